The second-order valence-electron chi connectivity index (χ2n) is 7.43. The smallest absolute Gasteiger partial charge is 0.207 e. The lowest BCUT2D eigenvalue weighted by molar-refractivity contribution is -0.109. The molecule has 0 spiro atoms. The van der Waals surface area contributed by atoms with Crippen molar-refractivity contribution in [3.8, 4) is 11.4 Å². The molecule has 0 aliphatic heterocycles. The van der Waals surface area contributed by atoms with Crippen LogP contribution in [0.15, 0.2) is 18.7 Å². The van der Waals surface area contributed by atoms with Crippen LogP contribution in [0.3, 0.4) is 0 Å². The molecule has 2 rings (SSSR count). The van der Waals surface area contributed by atoms with Crippen molar-refractivity contribution < 1.29 is 9.53 Å². The van der Waals surface area contributed by atoms with Gasteiger partial charge in [-0.1, -0.05) is 5.21 Å². The number of ether oxygens (including phenoxy) is 1. The van der Waals surface area contributed by atoms with Gasteiger partial charge < -0.3 is 14.6 Å². The molecule has 0 atom stereocenters. The number of aromatic nitrogens is 5. The fourth-order valence-corrected chi connectivity index (χ4v) is 2.48. The number of carbonyl (C=O) groups excluding carboxylic acids is 1. The normalized spacial score (nSPS) is 12.4. The van der Waals surface area contributed by atoms with Crippen LogP contribution < -0.4 is 5.32 Å². The Balaban J connectivity index is 1.92. The minimum Gasteiger partial charge on any atom is -0.375 e. The van der Waals surface area contributed by atoms with E-state index in [0.29, 0.717) is 19.6 Å². The number of rotatable bonds is 10. The number of amides is 1. The minimum absolute atomic E-state index is 0.221. The average molecular weight is 348 g/mol. The number of hydrogen-bond donors (Lipinski definition) is 1. The number of nitrogens with zero attached hydrogens (tertiary/aromatic N) is 5. The van der Waals surface area contributed by atoms with Crippen LogP contribution >= 0.6 is 0 Å². The Kier molecular flexibility index (Phi) is 5.94. The molecule has 0 saturated heterocycles. The predicted octanol–water partition coefficient (Wildman–Crippen LogP) is 1.74. The molecule has 0 aromatic carbocycles. The van der Waals surface area contributed by atoms with Crippen LogP contribution in [0.4, 0.5) is 0 Å². The molecule has 0 radical (unpaired) electrons. The summed E-state index contributed by atoms with van der Waals surface area (Å²) < 4.78 is 9.79. The molecule has 2 aromatic rings. The molecule has 0 unspecified atom stereocenters. The van der Waals surface area contributed by atoms with Gasteiger partial charge in [0.1, 0.15) is 5.69 Å². The number of imidazole rings is 1. The first-order valence-electron chi connectivity index (χ1n) is 8.46. The van der Waals surface area contributed by atoms with Gasteiger partial charge in [-0.2, -0.15) is 0 Å². The lowest BCUT2D eigenvalue weighted by Crippen LogP contribution is -2.33. The SMILES string of the molecule is Cn1cncc1-c1cn(C(C)(C)CCOC(C)(C)CCNC=O)nn1. The van der Waals surface area contributed by atoms with E-state index in [9.17, 15) is 4.79 Å². The van der Waals surface area contributed by atoms with Crippen molar-refractivity contribution in [2.75, 3.05) is 13.2 Å². The van der Waals surface area contributed by atoms with Crippen LogP contribution in [0.25, 0.3) is 11.4 Å². The predicted molar refractivity (Wildman–Crippen MR) is 94.9 cm³/mol. The van der Waals surface area contributed by atoms with E-state index in [-0.39, 0.29) is 11.1 Å². The Bertz CT molecular complexity index is 689. The fraction of sp³-hybridized carbons (Fsp3) is 0.647. The van der Waals surface area contributed by atoms with Gasteiger partial charge in [-0.3, -0.25) is 4.79 Å². The molecule has 8 nitrogen and oxygen atoms in total. The van der Waals surface area contributed by atoms with Gasteiger partial charge in [0.25, 0.3) is 0 Å². The highest BCUT2D eigenvalue weighted by Gasteiger charge is 2.25. The molecule has 0 aliphatic carbocycles. The average Bonchev–Trinajstić information content (AvgIpc) is 3.15. The van der Waals surface area contributed by atoms with Gasteiger partial charge in [-0.15, -0.1) is 5.10 Å². The molecule has 0 saturated carbocycles. The van der Waals surface area contributed by atoms with Gasteiger partial charge in [0.05, 0.1) is 35.6 Å². The van der Waals surface area contributed by atoms with Gasteiger partial charge in [0.2, 0.25) is 6.41 Å². The van der Waals surface area contributed by atoms with E-state index in [1.54, 1.807) is 12.5 Å². The summed E-state index contributed by atoms with van der Waals surface area (Å²) in [6, 6.07) is 0. The first-order valence-corrected chi connectivity index (χ1v) is 8.46. The molecule has 0 bridgehead atoms. The molecular formula is C17H28N6O2. The van der Waals surface area contributed by atoms with Crippen LogP contribution in [-0.2, 0) is 22.1 Å². The standard InChI is InChI=1S/C17H28N6O2/c1-16(2,7-9-25-17(3,4)6-8-18-13-24)23-11-14(20-21-23)15-10-19-12-22(15)5/h10-13H,6-9H2,1-5H3,(H,18,24). The van der Waals surface area contributed by atoms with Crippen molar-refractivity contribution in [2.45, 2.75) is 51.7 Å². The van der Waals surface area contributed by atoms with E-state index in [0.717, 1.165) is 24.2 Å². The molecule has 2 aromatic heterocycles. The number of carbonyl (C=O) groups is 1. The zero-order chi connectivity index (χ0) is 18.5. The van der Waals surface area contributed by atoms with E-state index in [4.69, 9.17) is 4.74 Å². The van der Waals surface area contributed by atoms with E-state index >= 15 is 0 Å². The summed E-state index contributed by atoms with van der Waals surface area (Å²) in [5, 5.41) is 11.2. The van der Waals surface area contributed by atoms with Crippen LogP contribution in [0.5, 0.6) is 0 Å². The highest BCUT2D eigenvalue weighted by Crippen LogP contribution is 2.24. The maximum atomic E-state index is 10.3. The summed E-state index contributed by atoms with van der Waals surface area (Å²) in [7, 11) is 1.93. The zero-order valence-corrected chi connectivity index (χ0v) is 15.7. The van der Waals surface area contributed by atoms with Crippen molar-refractivity contribution in [3.05, 3.63) is 18.7 Å². The first-order chi connectivity index (χ1) is 11.7. The van der Waals surface area contributed by atoms with Crippen molar-refractivity contribution in [1.82, 2.24) is 29.9 Å². The van der Waals surface area contributed by atoms with Gasteiger partial charge in [0.15, 0.2) is 0 Å². The maximum Gasteiger partial charge on any atom is 0.207 e. The molecule has 1 N–H and O–H groups in total. The quantitative estimate of drug-likeness (QED) is 0.522. The Morgan fingerprint density at radius 2 is 2.04 bits per heavy atom. The maximum absolute atomic E-state index is 10.3. The first kappa shape index (κ1) is 19.1. The molecule has 8 heteroatoms. The number of nitrogens with one attached hydrogen (secondary N) is 1. The Morgan fingerprint density at radius 1 is 1.28 bits per heavy atom. The summed E-state index contributed by atoms with van der Waals surface area (Å²) in [6.07, 6.45) is 7.74. The summed E-state index contributed by atoms with van der Waals surface area (Å²) in [5.74, 6) is 0. The molecule has 0 aliphatic rings. The highest BCUT2D eigenvalue weighted by atomic mass is 16.5. The lowest BCUT2D eigenvalue weighted by Gasteiger charge is -2.29. The molecular weight excluding hydrogens is 320 g/mol. The lowest BCUT2D eigenvalue weighted by atomic mass is 10.0. The Morgan fingerprint density at radius 3 is 2.68 bits per heavy atom. The second-order valence-corrected chi connectivity index (χ2v) is 7.43. The Hall–Kier alpha value is -2.22. The molecule has 25 heavy (non-hydrogen) atoms. The van der Waals surface area contributed by atoms with E-state index in [1.807, 2.05) is 36.3 Å². The van der Waals surface area contributed by atoms with Gasteiger partial charge in [0, 0.05) is 20.2 Å². The molecule has 138 valence electrons. The number of aryl methyl sites for hydroxylation is 1. The molecule has 1 amide bonds. The van der Waals surface area contributed by atoms with Gasteiger partial charge in [-0.25, -0.2) is 9.67 Å². The summed E-state index contributed by atoms with van der Waals surface area (Å²) in [5.41, 5.74) is 1.23. The topological polar surface area (TPSA) is 86.9 Å². The zero-order valence-electron chi connectivity index (χ0n) is 15.7. The van der Waals surface area contributed by atoms with Crippen molar-refractivity contribution >= 4 is 6.41 Å². The number of hydrogen-bond acceptors (Lipinski definition) is 5. The summed E-state index contributed by atoms with van der Waals surface area (Å²) in [6.45, 7) is 9.49. The third-order valence-electron chi connectivity index (χ3n) is 4.35. The Labute approximate surface area is 148 Å². The highest BCUT2D eigenvalue weighted by molar-refractivity contribution is 5.51. The fourth-order valence-electron chi connectivity index (χ4n) is 2.48. The van der Waals surface area contributed by atoms with Crippen molar-refractivity contribution in [2.24, 2.45) is 7.05 Å². The van der Waals surface area contributed by atoms with Gasteiger partial charge in [-0.05, 0) is 40.5 Å². The van der Waals surface area contributed by atoms with Crippen molar-refractivity contribution in [1.29, 1.82) is 0 Å². The van der Waals surface area contributed by atoms with E-state index in [1.165, 1.54) is 0 Å². The van der Waals surface area contributed by atoms with E-state index in [2.05, 4.69) is 34.5 Å². The van der Waals surface area contributed by atoms with Crippen LogP contribution in [-0.4, -0.2) is 49.7 Å². The summed E-state index contributed by atoms with van der Waals surface area (Å²) in [4.78, 5) is 14.4. The van der Waals surface area contributed by atoms with Crippen LogP contribution in [0, 0.1) is 0 Å². The largest absolute Gasteiger partial charge is 0.375 e. The second kappa shape index (κ2) is 7.77. The molecule has 0 fully saturated rings. The van der Waals surface area contributed by atoms with E-state index < -0.39 is 0 Å². The van der Waals surface area contributed by atoms with Crippen LogP contribution in [0.1, 0.15) is 40.5 Å². The molecule has 2 heterocycles. The minimum atomic E-state index is -0.283. The van der Waals surface area contributed by atoms with Crippen LogP contribution in [0.2, 0.25) is 0 Å². The van der Waals surface area contributed by atoms with Gasteiger partial charge >= 0.3 is 0 Å². The monoisotopic (exact) mass is 348 g/mol. The third kappa shape index (κ3) is 5.12. The summed E-state index contributed by atoms with van der Waals surface area (Å²) >= 11 is 0. The van der Waals surface area contributed by atoms with Crippen molar-refractivity contribution in [3.63, 3.8) is 0 Å². The third-order valence-corrected chi connectivity index (χ3v) is 4.35.